The minimum absolute atomic E-state index is 0.0170. The standard InChI is InChI=1S/C15H27NO/c1-15(11-7-8-12-17-15)14(16-2)13-9-5-3-4-6-10-13/h9,14,16H,3-8,10-12H2,1-2H3. The van der Waals surface area contributed by atoms with E-state index >= 15 is 0 Å². The molecule has 2 heteroatoms. The van der Waals surface area contributed by atoms with E-state index in [2.05, 4.69) is 25.4 Å². The quantitative estimate of drug-likeness (QED) is 0.759. The van der Waals surface area contributed by atoms with Crippen LogP contribution in [0.25, 0.3) is 0 Å². The van der Waals surface area contributed by atoms with Gasteiger partial charge in [-0.3, -0.25) is 0 Å². The van der Waals surface area contributed by atoms with Gasteiger partial charge in [0.15, 0.2) is 0 Å². The van der Waals surface area contributed by atoms with Gasteiger partial charge in [-0.2, -0.15) is 0 Å². The van der Waals surface area contributed by atoms with Crippen LogP contribution in [0.3, 0.4) is 0 Å². The molecular weight excluding hydrogens is 210 g/mol. The molecule has 2 nitrogen and oxygen atoms in total. The molecule has 2 rings (SSSR count). The molecule has 0 amide bonds. The first kappa shape index (κ1) is 13.1. The number of hydrogen-bond donors (Lipinski definition) is 1. The Morgan fingerprint density at radius 3 is 2.82 bits per heavy atom. The third kappa shape index (κ3) is 3.11. The average Bonchev–Trinajstić information content (AvgIpc) is 2.60. The van der Waals surface area contributed by atoms with Crippen molar-refractivity contribution in [1.29, 1.82) is 0 Å². The molecule has 1 N–H and O–H groups in total. The van der Waals surface area contributed by atoms with Gasteiger partial charge in [0.05, 0.1) is 11.6 Å². The van der Waals surface area contributed by atoms with Crippen molar-refractivity contribution in [2.75, 3.05) is 13.7 Å². The van der Waals surface area contributed by atoms with Crippen molar-refractivity contribution in [1.82, 2.24) is 5.32 Å². The highest BCUT2D eigenvalue weighted by atomic mass is 16.5. The van der Waals surface area contributed by atoms with E-state index in [0.717, 1.165) is 6.61 Å². The van der Waals surface area contributed by atoms with Gasteiger partial charge in [-0.15, -0.1) is 0 Å². The molecule has 1 aliphatic carbocycles. The second kappa shape index (κ2) is 6.01. The normalized spacial score (nSPS) is 32.7. The van der Waals surface area contributed by atoms with Gasteiger partial charge in [0.25, 0.3) is 0 Å². The van der Waals surface area contributed by atoms with E-state index in [9.17, 15) is 0 Å². The highest BCUT2D eigenvalue weighted by Crippen LogP contribution is 2.33. The summed E-state index contributed by atoms with van der Waals surface area (Å²) in [7, 11) is 2.08. The van der Waals surface area contributed by atoms with Gasteiger partial charge >= 0.3 is 0 Å². The lowest BCUT2D eigenvalue weighted by atomic mass is 9.82. The van der Waals surface area contributed by atoms with E-state index < -0.39 is 0 Å². The second-order valence-electron chi connectivity index (χ2n) is 5.72. The summed E-state index contributed by atoms with van der Waals surface area (Å²) >= 11 is 0. The van der Waals surface area contributed by atoms with Crippen molar-refractivity contribution in [3.8, 4) is 0 Å². The van der Waals surface area contributed by atoms with Crippen molar-refractivity contribution < 1.29 is 4.74 Å². The highest BCUT2D eigenvalue weighted by Gasteiger charge is 2.37. The highest BCUT2D eigenvalue weighted by molar-refractivity contribution is 5.18. The monoisotopic (exact) mass is 237 g/mol. The lowest BCUT2D eigenvalue weighted by Crippen LogP contribution is -2.52. The van der Waals surface area contributed by atoms with E-state index in [1.165, 1.54) is 51.4 Å². The lowest BCUT2D eigenvalue weighted by molar-refractivity contribution is -0.0803. The Balaban J connectivity index is 2.10. The summed E-state index contributed by atoms with van der Waals surface area (Å²) in [6.07, 6.45) is 12.8. The maximum atomic E-state index is 6.11. The number of likely N-dealkylation sites (N-methyl/N-ethyl adjacent to an activating group) is 1. The average molecular weight is 237 g/mol. The molecule has 0 bridgehead atoms. The van der Waals surface area contributed by atoms with Crippen LogP contribution in [-0.4, -0.2) is 25.3 Å². The van der Waals surface area contributed by atoms with Crippen LogP contribution >= 0.6 is 0 Å². The second-order valence-corrected chi connectivity index (χ2v) is 5.72. The molecule has 0 spiro atoms. The van der Waals surface area contributed by atoms with Crippen molar-refractivity contribution >= 4 is 0 Å². The van der Waals surface area contributed by atoms with Crippen molar-refractivity contribution in [2.45, 2.75) is 69.9 Å². The zero-order valence-electron chi connectivity index (χ0n) is 11.4. The number of allylic oxidation sites excluding steroid dienone is 1. The summed E-state index contributed by atoms with van der Waals surface area (Å²) < 4.78 is 6.11. The van der Waals surface area contributed by atoms with Crippen LogP contribution < -0.4 is 5.32 Å². The Labute approximate surface area is 106 Å². The van der Waals surface area contributed by atoms with Gasteiger partial charge in [-0.1, -0.05) is 18.1 Å². The Morgan fingerprint density at radius 2 is 2.12 bits per heavy atom. The molecule has 0 radical (unpaired) electrons. The Kier molecular flexibility index (Phi) is 4.63. The summed E-state index contributed by atoms with van der Waals surface area (Å²) in [6.45, 7) is 3.22. The van der Waals surface area contributed by atoms with Gasteiger partial charge in [0.2, 0.25) is 0 Å². The first-order valence-electron chi connectivity index (χ1n) is 7.26. The van der Waals surface area contributed by atoms with E-state index in [1.807, 2.05) is 0 Å². The molecule has 0 saturated carbocycles. The third-order valence-electron chi connectivity index (χ3n) is 4.35. The smallest absolute Gasteiger partial charge is 0.0844 e. The van der Waals surface area contributed by atoms with Crippen LogP contribution in [0.1, 0.15) is 58.3 Å². The molecule has 0 aromatic heterocycles. The molecule has 2 atom stereocenters. The molecule has 0 aromatic carbocycles. The lowest BCUT2D eigenvalue weighted by Gasteiger charge is -2.41. The fourth-order valence-corrected chi connectivity index (χ4v) is 3.37. The minimum atomic E-state index is 0.0170. The summed E-state index contributed by atoms with van der Waals surface area (Å²) in [4.78, 5) is 0. The zero-order chi connectivity index (χ0) is 12.1. The molecule has 2 aliphatic rings. The van der Waals surface area contributed by atoms with Gasteiger partial charge < -0.3 is 10.1 Å². The third-order valence-corrected chi connectivity index (χ3v) is 4.35. The van der Waals surface area contributed by atoms with Gasteiger partial charge in [0, 0.05) is 6.61 Å². The van der Waals surface area contributed by atoms with E-state index in [4.69, 9.17) is 4.74 Å². The predicted molar refractivity (Wildman–Crippen MR) is 72.2 cm³/mol. The fourth-order valence-electron chi connectivity index (χ4n) is 3.37. The molecule has 1 fully saturated rings. The number of ether oxygens (including phenoxy) is 1. The van der Waals surface area contributed by atoms with Crippen molar-refractivity contribution in [3.05, 3.63) is 11.6 Å². The van der Waals surface area contributed by atoms with Crippen LogP contribution in [0.4, 0.5) is 0 Å². The van der Waals surface area contributed by atoms with E-state index in [1.54, 1.807) is 5.57 Å². The Hall–Kier alpha value is -0.340. The maximum absolute atomic E-state index is 6.11. The van der Waals surface area contributed by atoms with E-state index in [-0.39, 0.29) is 5.60 Å². The number of rotatable bonds is 3. The van der Waals surface area contributed by atoms with Crippen LogP contribution in [-0.2, 0) is 4.74 Å². The number of hydrogen-bond acceptors (Lipinski definition) is 2. The molecule has 98 valence electrons. The molecule has 2 unspecified atom stereocenters. The van der Waals surface area contributed by atoms with Gasteiger partial charge in [-0.25, -0.2) is 0 Å². The molecule has 1 aliphatic heterocycles. The summed E-state index contributed by atoms with van der Waals surface area (Å²) in [5.74, 6) is 0. The summed E-state index contributed by atoms with van der Waals surface area (Å²) in [6, 6.07) is 0.417. The Bertz CT molecular complexity index is 266. The first-order valence-corrected chi connectivity index (χ1v) is 7.26. The van der Waals surface area contributed by atoms with E-state index in [0.29, 0.717) is 6.04 Å². The topological polar surface area (TPSA) is 21.3 Å². The molecular formula is C15H27NO. The van der Waals surface area contributed by atoms with Gasteiger partial charge in [-0.05, 0) is 58.9 Å². The largest absolute Gasteiger partial charge is 0.373 e. The number of nitrogens with one attached hydrogen (secondary N) is 1. The first-order chi connectivity index (χ1) is 8.26. The summed E-state index contributed by atoms with van der Waals surface area (Å²) in [5.41, 5.74) is 1.61. The van der Waals surface area contributed by atoms with Crippen molar-refractivity contribution in [3.63, 3.8) is 0 Å². The summed E-state index contributed by atoms with van der Waals surface area (Å²) in [5, 5.41) is 3.52. The molecule has 1 saturated heterocycles. The molecule has 0 aromatic rings. The molecule has 17 heavy (non-hydrogen) atoms. The SMILES string of the molecule is CNC(C1=CCCCCC1)C1(C)CCCCO1. The van der Waals surface area contributed by atoms with Crippen LogP contribution in [0, 0.1) is 0 Å². The predicted octanol–water partition coefficient (Wildman–Crippen LogP) is 3.42. The van der Waals surface area contributed by atoms with Crippen LogP contribution in [0.15, 0.2) is 11.6 Å². The molecule has 1 heterocycles. The van der Waals surface area contributed by atoms with Gasteiger partial charge in [0.1, 0.15) is 0 Å². The fraction of sp³-hybridized carbons (Fsp3) is 0.867. The van der Waals surface area contributed by atoms with Crippen molar-refractivity contribution in [2.24, 2.45) is 0 Å². The zero-order valence-corrected chi connectivity index (χ0v) is 11.4. The van der Waals surface area contributed by atoms with Crippen LogP contribution in [0.2, 0.25) is 0 Å². The maximum Gasteiger partial charge on any atom is 0.0844 e. The van der Waals surface area contributed by atoms with Crippen LogP contribution in [0.5, 0.6) is 0 Å². The minimum Gasteiger partial charge on any atom is -0.373 e. The Morgan fingerprint density at radius 1 is 1.24 bits per heavy atom.